The number of aromatic hydroxyl groups is 1. The molecule has 1 atom stereocenters. The normalized spacial score (nSPS) is 17.1. The number of carboxylic acid groups (broad SMARTS) is 1. The molecule has 1 aliphatic carbocycles. The van der Waals surface area contributed by atoms with Crippen LogP contribution in [0.1, 0.15) is 34.8 Å². The van der Waals surface area contributed by atoms with E-state index in [1.165, 1.54) is 6.07 Å². The average molecular weight is 225 g/mol. The van der Waals surface area contributed by atoms with Crippen molar-refractivity contribution in [1.82, 2.24) is 0 Å². The fraction of sp³-hybridized carbons (Fsp3) is 0.364. The van der Waals surface area contributed by atoms with Crippen LogP contribution in [0.25, 0.3) is 0 Å². The number of carbonyl (C=O) groups is 1. The summed E-state index contributed by atoms with van der Waals surface area (Å²) in [4.78, 5) is 10.7. The molecule has 5 heteroatoms. The molecule has 0 radical (unpaired) electrons. The molecule has 1 fully saturated rings. The first-order chi connectivity index (χ1) is 7.50. The van der Waals surface area contributed by atoms with Gasteiger partial charge in [-0.1, -0.05) is 0 Å². The molecule has 0 saturated heterocycles. The molecule has 0 bridgehead atoms. The van der Waals surface area contributed by atoms with Gasteiger partial charge in [-0.2, -0.15) is 0 Å². The number of hydrogen-bond acceptors (Lipinski definition) is 3. The highest BCUT2D eigenvalue weighted by Gasteiger charge is 2.32. The van der Waals surface area contributed by atoms with Crippen LogP contribution in [0, 0.1) is 11.7 Å². The van der Waals surface area contributed by atoms with Gasteiger partial charge in [0, 0.05) is 11.6 Å². The monoisotopic (exact) mass is 225 g/mol. The van der Waals surface area contributed by atoms with Crippen LogP contribution in [0.5, 0.6) is 5.75 Å². The smallest absolute Gasteiger partial charge is 0.335 e. The summed E-state index contributed by atoms with van der Waals surface area (Å²) in [5, 5.41) is 18.3. The fourth-order valence-electron chi connectivity index (χ4n) is 1.71. The Morgan fingerprint density at radius 3 is 2.62 bits per heavy atom. The molecular formula is C11H12FNO3. The fourth-order valence-corrected chi connectivity index (χ4v) is 1.71. The minimum Gasteiger partial charge on any atom is -0.505 e. The first kappa shape index (κ1) is 10.9. The van der Waals surface area contributed by atoms with Crippen LogP contribution in [0.3, 0.4) is 0 Å². The van der Waals surface area contributed by atoms with E-state index in [0.29, 0.717) is 0 Å². The molecule has 0 spiro atoms. The van der Waals surface area contributed by atoms with Gasteiger partial charge in [-0.25, -0.2) is 9.18 Å². The van der Waals surface area contributed by atoms with Gasteiger partial charge in [-0.05, 0) is 30.9 Å². The molecule has 0 aromatic heterocycles. The summed E-state index contributed by atoms with van der Waals surface area (Å²) in [6, 6.07) is 1.54. The summed E-state index contributed by atoms with van der Waals surface area (Å²) >= 11 is 0. The van der Waals surface area contributed by atoms with Crippen molar-refractivity contribution in [3.63, 3.8) is 0 Å². The summed E-state index contributed by atoms with van der Waals surface area (Å²) in [5.41, 5.74) is 5.81. The summed E-state index contributed by atoms with van der Waals surface area (Å²) in [6.07, 6.45) is 1.86. The zero-order valence-electron chi connectivity index (χ0n) is 8.48. The number of benzene rings is 1. The van der Waals surface area contributed by atoms with Crippen molar-refractivity contribution in [3.8, 4) is 5.75 Å². The van der Waals surface area contributed by atoms with E-state index in [1.54, 1.807) is 0 Å². The third kappa shape index (κ3) is 1.86. The van der Waals surface area contributed by atoms with Crippen LogP contribution in [0.4, 0.5) is 4.39 Å². The highest BCUT2D eigenvalue weighted by atomic mass is 19.1. The zero-order valence-corrected chi connectivity index (χ0v) is 8.48. The Morgan fingerprint density at radius 1 is 1.50 bits per heavy atom. The molecule has 4 N–H and O–H groups in total. The Kier molecular flexibility index (Phi) is 2.55. The van der Waals surface area contributed by atoms with E-state index in [2.05, 4.69) is 0 Å². The molecular weight excluding hydrogens is 213 g/mol. The van der Waals surface area contributed by atoms with Crippen LogP contribution in [0.15, 0.2) is 12.1 Å². The maximum absolute atomic E-state index is 13.3. The number of phenols is 1. The molecule has 0 unspecified atom stereocenters. The molecule has 1 aromatic carbocycles. The number of carboxylic acids is 1. The molecule has 2 rings (SSSR count). The largest absolute Gasteiger partial charge is 0.505 e. The van der Waals surface area contributed by atoms with E-state index in [0.717, 1.165) is 18.9 Å². The Morgan fingerprint density at radius 2 is 2.12 bits per heavy atom. The van der Waals surface area contributed by atoms with Crippen molar-refractivity contribution in [3.05, 3.63) is 29.1 Å². The number of rotatable bonds is 3. The summed E-state index contributed by atoms with van der Waals surface area (Å²) in [7, 11) is 0. The van der Waals surface area contributed by atoms with Gasteiger partial charge in [0.25, 0.3) is 0 Å². The maximum atomic E-state index is 13.3. The number of hydrogen-bond donors (Lipinski definition) is 3. The van der Waals surface area contributed by atoms with Gasteiger partial charge in [0.1, 0.15) is 0 Å². The summed E-state index contributed by atoms with van der Waals surface area (Å²) in [5.74, 6) is -2.49. The van der Waals surface area contributed by atoms with Crippen LogP contribution in [0.2, 0.25) is 0 Å². The van der Waals surface area contributed by atoms with E-state index < -0.39 is 23.6 Å². The summed E-state index contributed by atoms with van der Waals surface area (Å²) < 4.78 is 13.3. The second-order valence-corrected chi connectivity index (χ2v) is 4.06. The van der Waals surface area contributed by atoms with Gasteiger partial charge in [0.05, 0.1) is 5.56 Å². The molecule has 1 aliphatic rings. The minimum atomic E-state index is -1.23. The van der Waals surface area contributed by atoms with Crippen molar-refractivity contribution in [2.24, 2.45) is 11.7 Å². The van der Waals surface area contributed by atoms with Gasteiger partial charge >= 0.3 is 5.97 Å². The third-order valence-electron chi connectivity index (χ3n) is 2.83. The lowest BCUT2D eigenvalue weighted by Crippen LogP contribution is -2.14. The van der Waals surface area contributed by atoms with Crippen LogP contribution < -0.4 is 5.73 Å². The molecule has 4 nitrogen and oxygen atoms in total. The predicted octanol–water partition coefficient (Wildman–Crippen LogP) is 1.64. The number of nitrogens with two attached hydrogens (primary N) is 1. The molecule has 0 aliphatic heterocycles. The van der Waals surface area contributed by atoms with Crippen molar-refractivity contribution in [1.29, 1.82) is 0 Å². The van der Waals surface area contributed by atoms with Gasteiger partial charge in [0.2, 0.25) is 0 Å². The first-order valence-corrected chi connectivity index (χ1v) is 5.02. The van der Waals surface area contributed by atoms with Crippen molar-refractivity contribution in [2.75, 3.05) is 0 Å². The Bertz CT molecular complexity index is 443. The van der Waals surface area contributed by atoms with Crippen molar-refractivity contribution >= 4 is 5.97 Å². The van der Waals surface area contributed by atoms with Crippen molar-refractivity contribution < 1.29 is 19.4 Å². The molecule has 0 amide bonds. The van der Waals surface area contributed by atoms with E-state index in [1.807, 2.05) is 0 Å². The standard InChI is InChI=1S/C11H12FNO3/c12-8-4-6(11(15)16)3-7(10(8)14)9(13)5-1-2-5/h3-5,9,14H,1-2,13H2,(H,15,16)/t9-/m1/s1. The van der Waals surface area contributed by atoms with Crippen LogP contribution in [-0.2, 0) is 0 Å². The average Bonchev–Trinajstić information content (AvgIpc) is 3.04. The van der Waals surface area contributed by atoms with Gasteiger partial charge in [-0.15, -0.1) is 0 Å². The van der Waals surface area contributed by atoms with E-state index >= 15 is 0 Å². The van der Waals surface area contributed by atoms with Crippen LogP contribution >= 0.6 is 0 Å². The SMILES string of the molecule is N[C@@H](c1cc(C(=O)O)cc(F)c1O)C1CC1. The molecule has 16 heavy (non-hydrogen) atoms. The summed E-state index contributed by atoms with van der Waals surface area (Å²) in [6.45, 7) is 0. The predicted molar refractivity (Wildman–Crippen MR) is 54.7 cm³/mol. The number of phenolic OH excluding ortho intramolecular Hbond substituents is 1. The highest BCUT2D eigenvalue weighted by Crippen LogP contribution is 2.42. The number of aromatic carboxylic acids is 1. The second-order valence-electron chi connectivity index (χ2n) is 4.06. The van der Waals surface area contributed by atoms with Crippen LogP contribution in [-0.4, -0.2) is 16.2 Å². The molecule has 1 saturated carbocycles. The van der Waals surface area contributed by atoms with Gasteiger partial charge in [-0.3, -0.25) is 0 Å². The topological polar surface area (TPSA) is 83.6 Å². The van der Waals surface area contributed by atoms with Gasteiger partial charge < -0.3 is 15.9 Å². The lowest BCUT2D eigenvalue weighted by molar-refractivity contribution is 0.0696. The van der Waals surface area contributed by atoms with E-state index in [4.69, 9.17) is 10.8 Å². The van der Waals surface area contributed by atoms with Crippen molar-refractivity contribution in [2.45, 2.75) is 18.9 Å². The maximum Gasteiger partial charge on any atom is 0.335 e. The molecule has 1 aromatic rings. The van der Waals surface area contributed by atoms with E-state index in [-0.39, 0.29) is 17.0 Å². The Hall–Kier alpha value is -1.62. The second kappa shape index (κ2) is 3.75. The highest BCUT2D eigenvalue weighted by molar-refractivity contribution is 5.88. The third-order valence-corrected chi connectivity index (χ3v) is 2.83. The lowest BCUT2D eigenvalue weighted by atomic mass is 9.99. The minimum absolute atomic E-state index is 0.180. The molecule has 86 valence electrons. The quantitative estimate of drug-likeness (QED) is 0.730. The zero-order chi connectivity index (χ0) is 11.9. The van der Waals surface area contributed by atoms with Gasteiger partial charge in [0.15, 0.2) is 11.6 Å². The number of halogens is 1. The van der Waals surface area contributed by atoms with E-state index in [9.17, 15) is 14.3 Å². The Labute approximate surface area is 91.5 Å². The molecule has 0 heterocycles. The lowest BCUT2D eigenvalue weighted by Gasteiger charge is -2.13. The first-order valence-electron chi connectivity index (χ1n) is 5.02. The Balaban J connectivity index is 2.45.